The van der Waals surface area contributed by atoms with Crippen LogP contribution in [0.3, 0.4) is 0 Å². The average Bonchev–Trinajstić information content (AvgIpc) is 2.78. The first-order valence-electron chi connectivity index (χ1n) is 6.45. The zero-order valence-electron chi connectivity index (χ0n) is 11.9. The van der Waals surface area contributed by atoms with Gasteiger partial charge in [-0.3, -0.25) is 9.40 Å². The Morgan fingerprint density at radius 3 is 2.57 bits per heavy atom. The number of sulfonamides is 1. The van der Waals surface area contributed by atoms with Gasteiger partial charge in [-0.1, -0.05) is 19.1 Å². The van der Waals surface area contributed by atoms with Crippen molar-refractivity contribution in [3.05, 3.63) is 47.3 Å². The number of nitriles is 1. The van der Waals surface area contributed by atoms with Crippen LogP contribution in [0.15, 0.2) is 30.5 Å². The maximum absolute atomic E-state index is 12.2. The molecule has 7 heteroatoms. The van der Waals surface area contributed by atoms with Crippen LogP contribution >= 0.6 is 0 Å². The van der Waals surface area contributed by atoms with Gasteiger partial charge in [-0.25, -0.2) is 8.42 Å². The molecule has 21 heavy (non-hydrogen) atoms. The fourth-order valence-corrected chi connectivity index (χ4v) is 3.19. The van der Waals surface area contributed by atoms with Crippen LogP contribution in [0.5, 0.6) is 0 Å². The molecule has 0 spiro atoms. The van der Waals surface area contributed by atoms with Gasteiger partial charge in [0.2, 0.25) is 10.0 Å². The number of hydrogen-bond donors (Lipinski definition) is 1. The molecule has 1 aromatic heterocycles. The fraction of sp³-hybridized carbons (Fsp3) is 0.286. The second-order valence-electron chi connectivity index (χ2n) is 4.69. The van der Waals surface area contributed by atoms with E-state index in [1.54, 1.807) is 42.2 Å². The Morgan fingerprint density at radius 2 is 2.00 bits per heavy atom. The van der Waals surface area contributed by atoms with E-state index in [4.69, 9.17) is 5.26 Å². The van der Waals surface area contributed by atoms with Gasteiger partial charge in [-0.15, -0.1) is 0 Å². The largest absolute Gasteiger partial charge is 0.280 e. The summed E-state index contributed by atoms with van der Waals surface area (Å²) in [6.45, 7) is 1.92. The molecule has 0 saturated carbocycles. The van der Waals surface area contributed by atoms with E-state index in [0.717, 1.165) is 0 Å². The summed E-state index contributed by atoms with van der Waals surface area (Å²) in [4.78, 5) is 0. The number of aryl methyl sites for hydroxylation is 2. The molecule has 0 aliphatic carbocycles. The van der Waals surface area contributed by atoms with Crippen molar-refractivity contribution in [2.45, 2.75) is 19.1 Å². The molecule has 0 unspecified atom stereocenters. The van der Waals surface area contributed by atoms with Crippen molar-refractivity contribution >= 4 is 15.7 Å². The minimum atomic E-state index is -3.51. The van der Waals surface area contributed by atoms with Gasteiger partial charge in [0.1, 0.15) is 0 Å². The second-order valence-corrected chi connectivity index (χ2v) is 6.41. The van der Waals surface area contributed by atoms with E-state index in [-0.39, 0.29) is 5.75 Å². The first-order valence-corrected chi connectivity index (χ1v) is 8.11. The Labute approximate surface area is 124 Å². The van der Waals surface area contributed by atoms with Crippen molar-refractivity contribution in [2.24, 2.45) is 7.05 Å². The molecule has 0 radical (unpaired) electrons. The molecule has 0 fully saturated rings. The number of hydrogen-bond acceptors (Lipinski definition) is 4. The van der Waals surface area contributed by atoms with E-state index in [0.29, 0.717) is 28.9 Å². The van der Waals surface area contributed by atoms with Crippen LogP contribution in [0.4, 0.5) is 5.69 Å². The Bertz CT molecular complexity index is 770. The molecule has 1 aromatic carbocycles. The Hall–Kier alpha value is -2.33. The van der Waals surface area contributed by atoms with Crippen LogP contribution < -0.4 is 4.72 Å². The molecular weight excluding hydrogens is 288 g/mol. The first-order chi connectivity index (χ1) is 9.93. The van der Waals surface area contributed by atoms with Crippen molar-refractivity contribution in [3.8, 4) is 6.07 Å². The van der Waals surface area contributed by atoms with Crippen molar-refractivity contribution < 1.29 is 8.42 Å². The monoisotopic (exact) mass is 304 g/mol. The Kier molecular flexibility index (Phi) is 4.29. The molecule has 0 saturated heterocycles. The van der Waals surface area contributed by atoms with Crippen LogP contribution in [0, 0.1) is 11.3 Å². The molecule has 2 rings (SSSR count). The standard InChI is InChI=1S/C14H16N4O2S/c1-3-13-14(9-18(2)16-13)17-21(19,20)10-12-6-4-11(8-15)5-7-12/h4-7,9,17H,3,10H2,1-2H3. The lowest BCUT2D eigenvalue weighted by molar-refractivity contribution is 0.600. The molecular formula is C14H16N4O2S. The third-order valence-corrected chi connectivity index (χ3v) is 4.19. The molecule has 0 bridgehead atoms. The van der Waals surface area contributed by atoms with Crippen LogP contribution in [-0.4, -0.2) is 18.2 Å². The zero-order chi connectivity index (χ0) is 15.5. The zero-order valence-corrected chi connectivity index (χ0v) is 12.7. The highest BCUT2D eigenvalue weighted by atomic mass is 32.2. The van der Waals surface area contributed by atoms with Gasteiger partial charge in [-0.2, -0.15) is 10.4 Å². The Balaban J connectivity index is 2.16. The quantitative estimate of drug-likeness (QED) is 0.912. The van der Waals surface area contributed by atoms with Gasteiger partial charge in [-0.05, 0) is 24.1 Å². The molecule has 1 N–H and O–H groups in total. The summed E-state index contributed by atoms with van der Waals surface area (Å²) in [6, 6.07) is 8.49. The van der Waals surface area contributed by atoms with E-state index in [2.05, 4.69) is 9.82 Å². The predicted octanol–water partition coefficient (Wildman–Crippen LogP) is 1.80. The summed E-state index contributed by atoms with van der Waals surface area (Å²) in [5.41, 5.74) is 2.35. The molecule has 0 amide bonds. The van der Waals surface area contributed by atoms with Gasteiger partial charge in [0.15, 0.2) is 0 Å². The van der Waals surface area contributed by atoms with Crippen molar-refractivity contribution in [2.75, 3.05) is 4.72 Å². The normalized spacial score (nSPS) is 11.1. The van der Waals surface area contributed by atoms with E-state index < -0.39 is 10.0 Å². The van der Waals surface area contributed by atoms with Crippen molar-refractivity contribution in [3.63, 3.8) is 0 Å². The number of aromatic nitrogens is 2. The molecule has 0 atom stereocenters. The van der Waals surface area contributed by atoms with Crippen LogP contribution in [-0.2, 0) is 29.2 Å². The average molecular weight is 304 g/mol. The molecule has 2 aromatic rings. The first kappa shape index (κ1) is 15.1. The minimum absolute atomic E-state index is 0.142. The fourth-order valence-electron chi connectivity index (χ4n) is 1.98. The minimum Gasteiger partial charge on any atom is -0.280 e. The highest BCUT2D eigenvalue weighted by molar-refractivity contribution is 7.91. The van der Waals surface area contributed by atoms with E-state index in [1.807, 2.05) is 13.0 Å². The van der Waals surface area contributed by atoms with Gasteiger partial charge in [0.05, 0.1) is 28.8 Å². The topological polar surface area (TPSA) is 87.8 Å². The molecule has 0 aliphatic heterocycles. The van der Waals surface area contributed by atoms with Gasteiger partial charge < -0.3 is 0 Å². The number of nitrogens with zero attached hydrogens (tertiary/aromatic N) is 3. The summed E-state index contributed by atoms with van der Waals surface area (Å²) in [6.07, 6.45) is 2.30. The Morgan fingerprint density at radius 1 is 1.33 bits per heavy atom. The molecule has 6 nitrogen and oxygen atoms in total. The SMILES string of the molecule is CCc1nn(C)cc1NS(=O)(=O)Cc1ccc(C#N)cc1. The van der Waals surface area contributed by atoms with Gasteiger partial charge in [0.25, 0.3) is 0 Å². The third-order valence-electron chi connectivity index (χ3n) is 2.95. The lowest BCUT2D eigenvalue weighted by Crippen LogP contribution is -2.15. The molecule has 0 aliphatic rings. The van der Waals surface area contributed by atoms with Crippen molar-refractivity contribution in [1.82, 2.24) is 9.78 Å². The number of rotatable bonds is 5. The lowest BCUT2D eigenvalue weighted by Gasteiger charge is -2.07. The van der Waals surface area contributed by atoms with Crippen LogP contribution in [0.1, 0.15) is 23.7 Å². The smallest absolute Gasteiger partial charge is 0.237 e. The third kappa shape index (κ3) is 3.83. The summed E-state index contributed by atoms with van der Waals surface area (Å²) in [5.74, 6) is -0.142. The molecule has 110 valence electrons. The highest BCUT2D eigenvalue weighted by Gasteiger charge is 2.15. The molecule has 1 heterocycles. The summed E-state index contributed by atoms with van der Waals surface area (Å²) >= 11 is 0. The van der Waals surface area contributed by atoms with E-state index in [1.165, 1.54) is 0 Å². The number of anilines is 1. The predicted molar refractivity (Wildman–Crippen MR) is 80.0 cm³/mol. The van der Waals surface area contributed by atoms with Crippen LogP contribution in [0.25, 0.3) is 0 Å². The van der Waals surface area contributed by atoms with E-state index in [9.17, 15) is 8.42 Å². The summed E-state index contributed by atoms with van der Waals surface area (Å²) in [5, 5.41) is 12.9. The second kappa shape index (κ2) is 5.97. The van der Waals surface area contributed by atoms with Crippen molar-refractivity contribution in [1.29, 1.82) is 5.26 Å². The lowest BCUT2D eigenvalue weighted by atomic mass is 10.2. The van der Waals surface area contributed by atoms with E-state index >= 15 is 0 Å². The van der Waals surface area contributed by atoms with Crippen LogP contribution in [0.2, 0.25) is 0 Å². The maximum atomic E-state index is 12.2. The summed E-state index contributed by atoms with van der Waals surface area (Å²) < 4.78 is 28.5. The van der Waals surface area contributed by atoms with Gasteiger partial charge >= 0.3 is 0 Å². The summed E-state index contributed by atoms with van der Waals surface area (Å²) in [7, 11) is -1.77. The number of benzene rings is 1. The van der Waals surface area contributed by atoms with Gasteiger partial charge in [0, 0.05) is 13.2 Å². The maximum Gasteiger partial charge on any atom is 0.237 e. The highest BCUT2D eigenvalue weighted by Crippen LogP contribution is 2.17. The number of nitrogens with one attached hydrogen (secondary N) is 1.